The van der Waals surface area contributed by atoms with Crippen molar-refractivity contribution in [3.05, 3.63) is 27.7 Å². The lowest BCUT2D eigenvalue weighted by Gasteiger charge is -2.44. The van der Waals surface area contributed by atoms with E-state index in [2.05, 4.69) is 26.1 Å². The van der Waals surface area contributed by atoms with Gasteiger partial charge >= 0.3 is 6.18 Å². The zero-order valence-electron chi connectivity index (χ0n) is 12.7. The van der Waals surface area contributed by atoms with Crippen LogP contribution < -0.4 is 5.32 Å². The lowest BCUT2D eigenvalue weighted by molar-refractivity contribution is -0.139. The van der Waals surface area contributed by atoms with Crippen LogP contribution in [0.5, 0.6) is 5.75 Å². The van der Waals surface area contributed by atoms with Crippen LogP contribution in [0.1, 0.15) is 36.4 Å². The molecule has 1 heterocycles. The molecule has 2 fully saturated rings. The molecule has 2 aliphatic rings. The summed E-state index contributed by atoms with van der Waals surface area (Å²) in [5.74, 6) is -0.0929. The van der Waals surface area contributed by atoms with Crippen LogP contribution >= 0.6 is 15.9 Å². The van der Waals surface area contributed by atoms with Crippen molar-refractivity contribution >= 4 is 15.9 Å². The third-order valence-corrected chi connectivity index (χ3v) is 5.55. The van der Waals surface area contributed by atoms with Crippen molar-refractivity contribution < 1.29 is 18.3 Å². The number of phenolic OH excluding ortho intramolecular Hbond substituents is 1. The van der Waals surface area contributed by atoms with Crippen LogP contribution in [-0.2, 0) is 6.18 Å². The topological polar surface area (TPSA) is 35.5 Å². The maximum Gasteiger partial charge on any atom is 0.416 e. The highest BCUT2D eigenvalue weighted by molar-refractivity contribution is 9.10. The number of nitrogens with one attached hydrogen (secondary N) is 1. The standard InChI is InChI=1S/C16H20BrF3N2O/c17-12-5-4-11(16(18,19)20)13(15(12)23)14(10-2-1-3-10)22-8-6-21-7-9-22/h4-5,10,14,21,23H,1-3,6-9H2/t14-/m0/s1. The summed E-state index contributed by atoms with van der Waals surface area (Å²) in [5, 5.41) is 13.7. The second kappa shape index (κ2) is 6.61. The SMILES string of the molecule is Oc1c(Br)ccc(C(F)(F)F)c1[C@H](C1CCC1)N1CCNCC1. The molecule has 2 N–H and O–H groups in total. The van der Waals surface area contributed by atoms with E-state index in [9.17, 15) is 18.3 Å². The monoisotopic (exact) mass is 392 g/mol. The summed E-state index contributed by atoms with van der Waals surface area (Å²) in [4.78, 5) is 2.09. The molecule has 3 nitrogen and oxygen atoms in total. The first-order valence-corrected chi connectivity index (χ1v) is 8.72. The number of rotatable bonds is 3. The van der Waals surface area contributed by atoms with Crippen LogP contribution in [0.15, 0.2) is 16.6 Å². The molecule has 0 spiro atoms. The number of benzene rings is 1. The molecule has 1 atom stereocenters. The van der Waals surface area contributed by atoms with Gasteiger partial charge in [-0.1, -0.05) is 6.42 Å². The number of alkyl halides is 3. The fourth-order valence-electron chi connectivity index (χ4n) is 3.56. The largest absolute Gasteiger partial charge is 0.506 e. The molecule has 0 bridgehead atoms. The normalized spacial score (nSPS) is 21.9. The van der Waals surface area contributed by atoms with Gasteiger partial charge in [0.1, 0.15) is 5.75 Å². The molecule has 1 saturated heterocycles. The zero-order chi connectivity index (χ0) is 16.6. The lowest BCUT2D eigenvalue weighted by atomic mass is 9.75. The van der Waals surface area contributed by atoms with Crippen LogP contribution in [0, 0.1) is 5.92 Å². The van der Waals surface area contributed by atoms with E-state index < -0.39 is 11.7 Å². The summed E-state index contributed by atoms with van der Waals surface area (Å²) in [7, 11) is 0. The molecule has 1 aliphatic heterocycles. The first kappa shape index (κ1) is 17.0. The van der Waals surface area contributed by atoms with Crippen molar-refractivity contribution in [3.63, 3.8) is 0 Å². The summed E-state index contributed by atoms with van der Waals surface area (Å²) >= 11 is 3.18. The van der Waals surface area contributed by atoms with Gasteiger partial charge in [-0.05, 0) is 46.8 Å². The average molecular weight is 393 g/mol. The van der Waals surface area contributed by atoms with Crippen LogP contribution in [-0.4, -0.2) is 36.2 Å². The highest BCUT2D eigenvalue weighted by Gasteiger charge is 2.42. The highest BCUT2D eigenvalue weighted by atomic mass is 79.9. The molecule has 23 heavy (non-hydrogen) atoms. The number of hydrogen-bond acceptors (Lipinski definition) is 3. The van der Waals surface area contributed by atoms with E-state index in [0.29, 0.717) is 17.6 Å². The van der Waals surface area contributed by atoms with Crippen molar-refractivity contribution in [1.29, 1.82) is 0 Å². The Morgan fingerprint density at radius 3 is 2.39 bits per heavy atom. The molecule has 1 aromatic rings. The van der Waals surface area contributed by atoms with Crippen LogP contribution in [0.25, 0.3) is 0 Å². The Bertz CT molecular complexity index is 569. The van der Waals surface area contributed by atoms with E-state index in [1.54, 1.807) is 0 Å². The predicted octanol–water partition coefficient (Wildman–Crippen LogP) is 3.92. The quantitative estimate of drug-likeness (QED) is 0.817. The molecular formula is C16H20BrF3N2O. The van der Waals surface area contributed by atoms with Crippen molar-refractivity contribution in [2.24, 2.45) is 5.92 Å². The van der Waals surface area contributed by atoms with Gasteiger partial charge in [0.25, 0.3) is 0 Å². The Morgan fingerprint density at radius 2 is 1.87 bits per heavy atom. The number of hydrogen-bond donors (Lipinski definition) is 2. The second-order valence-corrected chi connectivity index (χ2v) is 7.13. The Kier molecular flexibility index (Phi) is 4.90. The molecule has 1 saturated carbocycles. The average Bonchev–Trinajstić information content (AvgIpc) is 2.45. The van der Waals surface area contributed by atoms with Gasteiger partial charge in [-0.2, -0.15) is 13.2 Å². The number of halogens is 4. The Hall–Kier alpha value is -0.790. The third-order valence-electron chi connectivity index (χ3n) is 4.91. The van der Waals surface area contributed by atoms with Gasteiger partial charge in [-0.3, -0.25) is 4.90 Å². The highest BCUT2D eigenvalue weighted by Crippen LogP contribution is 2.50. The zero-order valence-corrected chi connectivity index (χ0v) is 14.3. The van der Waals surface area contributed by atoms with E-state index in [1.807, 2.05) is 0 Å². The van der Waals surface area contributed by atoms with Gasteiger partial charge in [0.05, 0.1) is 10.0 Å². The number of piperazine rings is 1. The van der Waals surface area contributed by atoms with Gasteiger partial charge in [0.15, 0.2) is 0 Å². The van der Waals surface area contributed by atoms with E-state index in [-0.39, 0.29) is 23.3 Å². The fraction of sp³-hybridized carbons (Fsp3) is 0.625. The van der Waals surface area contributed by atoms with Gasteiger partial charge in [0.2, 0.25) is 0 Å². The van der Waals surface area contributed by atoms with E-state index >= 15 is 0 Å². The third kappa shape index (κ3) is 3.37. The molecule has 1 aromatic carbocycles. The molecular weight excluding hydrogens is 373 g/mol. The molecule has 128 valence electrons. The number of aromatic hydroxyl groups is 1. The van der Waals surface area contributed by atoms with E-state index in [1.165, 1.54) is 6.07 Å². The smallest absolute Gasteiger partial charge is 0.416 e. The molecule has 7 heteroatoms. The lowest BCUT2D eigenvalue weighted by Crippen LogP contribution is -2.48. The molecule has 0 amide bonds. The maximum absolute atomic E-state index is 13.5. The Balaban J connectivity index is 2.09. The minimum Gasteiger partial charge on any atom is -0.506 e. The first-order valence-electron chi connectivity index (χ1n) is 7.93. The minimum atomic E-state index is -4.47. The predicted molar refractivity (Wildman–Crippen MR) is 85.3 cm³/mol. The Labute approximate surface area is 142 Å². The van der Waals surface area contributed by atoms with Gasteiger partial charge < -0.3 is 10.4 Å². The molecule has 0 unspecified atom stereocenters. The van der Waals surface area contributed by atoms with Crippen LogP contribution in [0.3, 0.4) is 0 Å². The first-order chi connectivity index (χ1) is 10.9. The van der Waals surface area contributed by atoms with Crippen LogP contribution in [0.4, 0.5) is 13.2 Å². The van der Waals surface area contributed by atoms with E-state index in [0.717, 1.165) is 38.4 Å². The summed E-state index contributed by atoms with van der Waals surface area (Å²) in [6, 6.07) is 1.98. The van der Waals surface area contributed by atoms with E-state index in [4.69, 9.17) is 0 Å². The molecule has 0 radical (unpaired) electrons. The molecule has 0 aromatic heterocycles. The Morgan fingerprint density at radius 1 is 1.22 bits per heavy atom. The summed E-state index contributed by atoms with van der Waals surface area (Å²) in [6.07, 6.45) is -1.59. The number of nitrogens with zero attached hydrogens (tertiary/aromatic N) is 1. The fourth-order valence-corrected chi connectivity index (χ4v) is 3.91. The summed E-state index contributed by atoms with van der Waals surface area (Å²) in [6.45, 7) is 2.92. The van der Waals surface area contributed by atoms with Gasteiger partial charge in [-0.25, -0.2) is 0 Å². The van der Waals surface area contributed by atoms with Crippen molar-refractivity contribution in [2.45, 2.75) is 31.5 Å². The van der Waals surface area contributed by atoms with Crippen LogP contribution in [0.2, 0.25) is 0 Å². The molecule has 3 rings (SSSR count). The van der Waals surface area contributed by atoms with Gasteiger partial charge in [0, 0.05) is 37.8 Å². The van der Waals surface area contributed by atoms with Crippen molar-refractivity contribution in [2.75, 3.05) is 26.2 Å². The minimum absolute atomic E-state index is 0.0403. The summed E-state index contributed by atoms with van der Waals surface area (Å²) < 4.78 is 40.9. The second-order valence-electron chi connectivity index (χ2n) is 6.28. The summed E-state index contributed by atoms with van der Waals surface area (Å²) in [5.41, 5.74) is -0.674. The van der Waals surface area contributed by atoms with Gasteiger partial charge in [-0.15, -0.1) is 0 Å². The molecule has 1 aliphatic carbocycles. The van der Waals surface area contributed by atoms with Crippen molar-refractivity contribution in [1.82, 2.24) is 10.2 Å². The number of phenols is 1. The van der Waals surface area contributed by atoms with Crippen molar-refractivity contribution in [3.8, 4) is 5.75 Å². The maximum atomic E-state index is 13.5.